The minimum Gasteiger partial charge on any atom is -0.477 e. The van der Waals surface area contributed by atoms with Crippen LogP contribution in [0.1, 0.15) is 60.4 Å². The van der Waals surface area contributed by atoms with Gasteiger partial charge in [0.25, 0.3) is 5.91 Å². The number of carboxylic acid groups (broad SMARTS) is 1. The van der Waals surface area contributed by atoms with E-state index in [1.165, 1.54) is 24.8 Å². The molecule has 1 fully saturated rings. The van der Waals surface area contributed by atoms with Crippen molar-refractivity contribution in [1.82, 2.24) is 10.3 Å². The number of nitrogens with one attached hydrogen (secondary N) is 1. The Kier molecular flexibility index (Phi) is 4.06. The van der Waals surface area contributed by atoms with Gasteiger partial charge in [-0.2, -0.15) is 0 Å². The maximum atomic E-state index is 12.2. The lowest BCUT2D eigenvalue weighted by atomic mass is 9.73. The van der Waals surface area contributed by atoms with Crippen LogP contribution < -0.4 is 5.32 Å². The molecule has 20 heavy (non-hydrogen) atoms. The number of carbonyl (C=O) groups excluding carboxylic acids is 1. The molecule has 0 aliphatic heterocycles. The van der Waals surface area contributed by atoms with Crippen LogP contribution in [0.25, 0.3) is 0 Å². The van der Waals surface area contributed by atoms with Gasteiger partial charge < -0.3 is 10.4 Å². The summed E-state index contributed by atoms with van der Waals surface area (Å²) in [5, 5.41) is 11.9. The average Bonchev–Trinajstić information content (AvgIpc) is 2.41. The van der Waals surface area contributed by atoms with E-state index in [1.54, 1.807) is 0 Å². The van der Waals surface area contributed by atoms with Gasteiger partial charge in [-0.25, -0.2) is 9.78 Å². The van der Waals surface area contributed by atoms with Crippen LogP contribution in [0.4, 0.5) is 0 Å². The highest BCUT2D eigenvalue weighted by atomic mass is 16.4. The van der Waals surface area contributed by atoms with Crippen molar-refractivity contribution in [3.05, 3.63) is 29.6 Å². The molecule has 0 bridgehead atoms. The van der Waals surface area contributed by atoms with E-state index in [4.69, 9.17) is 5.11 Å². The first-order valence-corrected chi connectivity index (χ1v) is 6.90. The molecular weight excluding hydrogens is 256 g/mol. The number of rotatable bonds is 3. The number of carbonyl (C=O) groups is 2. The zero-order valence-corrected chi connectivity index (χ0v) is 11.8. The molecule has 0 aromatic carbocycles. The lowest BCUT2D eigenvalue weighted by molar-refractivity contribution is 0.0690. The van der Waals surface area contributed by atoms with E-state index >= 15 is 0 Å². The summed E-state index contributed by atoms with van der Waals surface area (Å²) in [6, 6.07) is 2.98. The van der Waals surface area contributed by atoms with Crippen molar-refractivity contribution in [2.75, 3.05) is 0 Å². The third-order valence-corrected chi connectivity index (χ3v) is 4.05. The van der Waals surface area contributed by atoms with E-state index in [0.29, 0.717) is 5.56 Å². The van der Waals surface area contributed by atoms with Gasteiger partial charge >= 0.3 is 5.97 Å². The monoisotopic (exact) mass is 276 g/mol. The molecule has 0 saturated heterocycles. The zero-order chi connectivity index (χ0) is 14.8. The van der Waals surface area contributed by atoms with Crippen molar-refractivity contribution in [3.63, 3.8) is 0 Å². The number of pyridine rings is 1. The van der Waals surface area contributed by atoms with E-state index in [2.05, 4.69) is 24.1 Å². The summed E-state index contributed by atoms with van der Waals surface area (Å²) in [5.74, 6) is -1.35. The Hall–Kier alpha value is -1.91. The molecule has 1 atom stereocenters. The third-order valence-electron chi connectivity index (χ3n) is 4.05. The second-order valence-corrected chi connectivity index (χ2v) is 6.00. The van der Waals surface area contributed by atoms with Crippen LogP contribution in [-0.4, -0.2) is 28.0 Å². The van der Waals surface area contributed by atoms with E-state index in [9.17, 15) is 9.59 Å². The van der Waals surface area contributed by atoms with Crippen LogP contribution in [0.5, 0.6) is 0 Å². The van der Waals surface area contributed by atoms with Crippen molar-refractivity contribution in [2.24, 2.45) is 5.41 Å². The van der Waals surface area contributed by atoms with Crippen molar-refractivity contribution >= 4 is 11.9 Å². The largest absolute Gasteiger partial charge is 0.477 e. The van der Waals surface area contributed by atoms with Crippen LogP contribution in [-0.2, 0) is 0 Å². The molecule has 1 aromatic rings. The Morgan fingerprint density at radius 1 is 1.40 bits per heavy atom. The summed E-state index contributed by atoms with van der Waals surface area (Å²) in [6.45, 7) is 4.32. The number of carboxylic acids is 1. The van der Waals surface area contributed by atoms with Gasteiger partial charge in [-0.3, -0.25) is 4.79 Å². The number of nitrogens with zero attached hydrogens (tertiary/aromatic N) is 1. The quantitative estimate of drug-likeness (QED) is 0.889. The summed E-state index contributed by atoms with van der Waals surface area (Å²) in [5.41, 5.74) is 0.315. The molecule has 1 saturated carbocycles. The van der Waals surface area contributed by atoms with Crippen LogP contribution in [0.15, 0.2) is 18.3 Å². The first-order valence-electron chi connectivity index (χ1n) is 6.90. The van der Waals surface area contributed by atoms with E-state index < -0.39 is 5.97 Å². The maximum Gasteiger partial charge on any atom is 0.354 e. The molecule has 5 nitrogen and oxygen atoms in total. The second kappa shape index (κ2) is 5.61. The Labute approximate surface area is 118 Å². The van der Waals surface area contributed by atoms with Gasteiger partial charge in [0, 0.05) is 17.8 Å². The number of amides is 1. The Bertz CT molecular complexity index is 526. The summed E-state index contributed by atoms with van der Waals surface area (Å²) >= 11 is 0. The zero-order valence-electron chi connectivity index (χ0n) is 11.8. The van der Waals surface area contributed by atoms with Crippen molar-refractivity contribution < 1.29 is 14.7 Å². The van der Waals surface area contributed by atoms with Gasteiger partial charge in [0.2, 0.25) is 0 Å². The lowest BCUT2D eigenvalue weighted by Gasteiger charge is -2.39. The highest BCUT2D eigenvalue weighted by Crippen LogP contribution is 2.35. The van der Waals surface area contributed by atoms with E-state index in [-0.39, 0.29) is 23.1 Å². The molecule has 1 aliphatic carbocycles. The normalized spacial score (nSPS) is 21.2. The predicted molar refractivity (Wildman–Crippen MR) is 74.7 cm³/mol. The fourth-order valence-corrected chi connectivity index (χ4v) is 2.69. The molecule has 5 heteroatoms. The van der Waals surface area contributed by atoms with E-state index in [0.717, 1.165) is 19.3 Å². The first-order chi connectivity index (χ1) is 9.40. The SMILES string of the molecule is CC1(C)CCCCC1NC(=O)c1ccnc(C(=O)O)c1. The Morgan fingerprint density at radius 2 is 2.15 bits per heavy atom. The lowest BCUT2D eigenvalue weighted by Crippen LogP contribution is -2.46. The van der Waals surface area contributed by atoms with Crippen molar-refractivity contribution in [2.45, 2.75) is 45.6 Å². The molecule has 1 amide bonds. The fourth-order valence-electron chi connectivity index (χ4n) is 2.69. The second-order valence-electron chi connectivity index (χ2n) is 6.00. The highest BCUT2D eigenvalue weighted by Gasteiger charge is 2.33. The molecule has 1 aliphatic rings. The highest BCUT2D eigenvalue weighted by molar-refractivity contribution is 5.96. The molecule has 1 unspecified atom stereocenters. The van der Waals surface area contributed by atoms with Gasteiger partial charge in [0.05, 0.1) is 0 Å². The standard InChI is InChI=1S/C15H20N2O3/c1-15(2)7-4-3-5-12(15)17-13(18)10-6-8-16-11(9-10)14(19)20/h6,8-9,12H,3-5,7H2,1-2H3,(H,17,18)(H,19,20). The van der Waals surface area contributed by atoms with Gasteiger partial charge in [-0.15, -0.1) is 0 Å². The third kappa shape index (κ3) is 3.15. The van der Waals surface area contributed by atoms with Gasteiger partial charge in [-0.1, -0.05) is 26.7 Å². The number of aromatic carboxylic acids is 1. The smallest absolute Gasteiger partial charge is 0.354 e. The molecule has 0 spiro atoms. The van der Waals surface area contributed by atoms with Crippen LogP contribution in [0.2, 0.25) is 0 Å². The van der Waals surface area contributed by atoms with Gasteiger partial charge in [-0.05, 0) is 30.4 Å². The average molecular weight is 276 g/mol. The van der Waals surface area contributed by atoms with Crippen molar-refractivity contribution in [1.29, 1.82) is 0 Å². The van der Waals surface area contributed by atoms with Crippen LogP contribution >= 0.6 is 0 Å². The summed E-state index contributed by atoms with van der Waals surface area (Å²) in [7, 11) is 0. The topological polar surface area (TPSA) is 79.3 Å². The minimum absolute atomic E-state index is 0.0799. The van der Waals surface area contributed by atoms with Gasteiger partial charge in [0.1, 0.15) is 5.69 Å². The Balaban J connectivity index is 2.12. The molecule has 1 heterocycles. The molecule has 108 valence electrons. The van der Waals surface area contributed by atoms with Gasteiger partial charge in [0.15, 0.2) is 0 Å². The maximum absolute atomic E-state index is 12.2. The molecule has 1 aromatic heterocycles. The van der Waals surface area contributed by atoms with E-state index in [1.807, 2.05) is 0 Å². The molecule has 0 radical (unpaired) electrons. The van der Waals surface area contributed by atoms with Crippen LogP contribution in [0, 0.1) is 5.41 Å². The summed E-state index contributed by atoms with van der Waals surface area (Å²) in [4.78, 5) is 26.8. The summed E-state index contributed by atoms with van der Waals surface area (Å²) < 4.78 is 0. The number of aromatic nitrogens is 1. The molecule has 2 N–H and O–H groups in total. The predicted octanol–water partition coefficient (Wildman–Crippen LogP) is 2.48. The Morgan fingerprint density at radius 3 is 2.80 bits per heavy atom. The molecular formula is C15H20N2O3. The fraction of sp³-hybridized carbons (Fsp3) is 0.533. The number of hydrogen-bond acceptors (Lipinski definition) is 3. The van der Waals surface area contributed by atoms with Crippen molar-refractivity contribution in [3.8, 4) is 0 Å². The minimum atomic E-state index is -1.13. The molecule has 2 rings (SSSR count). The summed E-state index contributed by atoms with van der Waals surface area (Å²) in [6.07, 6.45) is 5.72. The van der Waals surface area contributed by atoms with Crippen LogP contribution in [0.3, 0.4) is 0 Å². The number of hydrogen-bond donors (Lipinski definition) is 2. The first kappa shape index (κ1) is 14.5.